The maximum absolute atomic E-state index is 11.9. The van der Waals surface area contributed by atoms with Crippen molar-refractivity contribution in [2.24, 2.45) is 0 Å². The summed E-state index contributed by atoms with van der Waals surface area (Å²) in [5, 5.41) is 12.1. The molecule has 1 saturated heterocycles. The number of carboxylic acid groups (broad SMARTS) is 1. The molecule has 1 aromatic heterocycles. The molecule has 0 bridgehead atoms. The first-order valence-electron chi connectivity index (χ1n) is 9.04. The van der Waals surface area contributed by atoms with E-state index in [2.05, 4.69) is 40.2 Å². The van der Waals surface area contributed by atoms with Gasteiger partial charge in [0.15, 0.2) is 0 Å². The van der Waals surface area contributed by atoms with Gasteiger partial charge in [-0.15, -0.1) is 0 Å². The van der Waals surface area contributed by atoms with E-state index >= 15 is 0 Å². The molecule has 3 aromatic rings. The molecule has 0 radical (unpaired) electrons. The van der Waals surface area contributed by atoms with Crippen molar-refractivity contribution in [3.63, 3.8) is 0 Å². The van der Waals surface area contributed by atoms with Crippen LogP contribution in [-0.4, -0.2) is 33.5 Å². The van der Waals surface area contributed by atoms with E-state index in [9.17, 15) is 9.90 Å². The molecule has 2 aromatic carbocycles. The summed E-state index contributed by atoms with van der Waals surface area (Å²) < 4.78 is 0. The first-order chi connectivity index (χ1) is 12.7. The first-order valence-corrected chi connectivity index (χ1v) is 9.04. The molecule has 2 heterocycles. The fourth-order valence-electron chi connectivity index (χ4n) is 4.12. The third-order valence-electron chi connectivity index (χ3n) is 5.34. The van der Waals surface area contributed by atoms with Gasteiger partial charge in [0.1, 0.15) is 6.04 Å². The number of nitrogens with zero attached hydrogens (tertiary/aromatic N) is 2. The minimum Gasteiger partial charge on any atom is -0.480 e. The number of hydrogen-bond donors (Lipinski definition) is 1. The van der Waals surface area contributed by atoms with Crippen molar-refractivity contribution in [1.29, 1.82) is 0 Å². The van der Waals surface area contributed by atoms with E-state index in [4.69, 9.17) is 0 Å². The summed E-state index contributed by atoms with van der Waals surface area (Å²) in [6, 6.07) is 17.9. The van der Waals surface area contributed by atoms with Crippen LogP contribution in [0.2, 0.25) is 0 Å². The van der Waals surface area contributed by atoms with Crippen molar-refractivity contribution in [2.75, 3.05) is 6.54 Å². The number of likely N-dealkylation sites (tertiary alicyclic amines) is 1. The normalized spacial score (nSPS) is 18.9. The number of aryl methyl sites for hydroxylation is 1. The molecular weight excluding hydrogens is 324 g/mol. The van der Waals surface area contributed by atoms with Gasteiger partial charge in [-0.2, -0.15) is 0 Å². The fraction of sp³-hybridized carbons (Fsp3) is 0.273. The number of aliphatic carboxylic acids is 1. The van der Waals surface area contributed by atoms with Crippen molar-refractivity contribution in [1.82, 2.24) is 9.88 Å². The van der Waals surface area contributed by atoms with Crippen molar-refractivity contribution >= 4 is 16.7 Å². The lowest BCUT2D eigenvalue weighted by Gasteiger charge is -2.32. The van der Waals surface area contributed by atoms with E-state index in [0.717, 1.165) is 40.6 Å². The number of aromatic nitrogens is 1. The van der Waals surface area contributed by atoms with E-state index in [1.807, 2.05) is 31.2 Å². The summed E-state index contributed by atoms with van der Waals surface area (Å²) >= 11 is 0. The molecule has 4 nitrogen and oxygen atoms in total. The molecule has 2 atom stereocenters. The lowest BCUT2D eigenvalue weighted by Crippen LogP contribution is -2.39. The third-order valence-corrected chi connectivity index (χ3v) is 5.34. The second-order valence-electron chi connectivity index (χ2n) is 6.91. The molecule has 132 valence electrons. The van der Waals surface area contributed by atoms with Gasteiger partial charge in [0.2, 0.25) is 0 Å². The topological polar surface area (TPSA) is 53.4 Å². The maximum atomic E-state index is 11.9. The zero-order valence-electron chi connectivity index (χ0n) is 14.8. The Morgan fingerprint density at radius 3 is 2.77 bits per heavy atom. The standard InChI is InChI=1S/C22H22N2O2/c1-15-7-5-13-23-20(15)21(24-14-6-12-19(24)22(25)26)18-11-4-9-16-8-2-3-10-17(16)18/h2-5,7-11,13,19,21H,6,12,14H2,1H3,(H,25,26). The van der Waals surface area contributed by atoms with Gasteiger partial charge in [-0.3, -0.25) is 14.7 Å². The highest BCUT2D eigenvalue weighted by atomic mass is 16.4. The molecule has 0 aliphatic carbocycles. The Kier molecular flexibility index (Phi) is 4.43. The van der Waals surface area contributed by atoms with Crippen molar-refractivity contribution in [3.8, 4) is 0 Å². The Balaban J connectivity index is 1.94. The summed E-state index contributed by atoms with van der Waals surface area (Å²) in [5.41, 5.74) is 3.15. The summed E-state index contributed by atoms with van der Waals surface area (Å²) in [5.74, 6) is -0.749. The van der Waals surface area contributed by atoms with E-state index in [-0.39, 0.29) is 6.04 Å². The SMILES string of the molecule is Cc1cccnc1C(c1cccc2ccccc12)N1CCCC1C(=O)O. The number of carbonyl (C=O) groups is 1. The number of hydrogen-bond acceptors (Lipinski definition) is 3. The Hall–Kier alpha value is -2.72. The monoisotopic (exact) mass is 346 g/mol. The second-order valence-corrected chi connectivity index (χ2v) is 6.91. The van der Waals surface area contributed by atoms with Gasteiger partial charge in [0, 0.05) is 12.7 Å². The van der Waals surface area contributed by atoms with E-state index in [1.54, 1.807) is 6.20 Å². The highest BCUT2D eigenvalue weighted by molar-refractivity contribution is 5.86. The van der Waals surface area contributed by atoms with Gasteiger partial charge in [-0.1, -0.05) is 48.5 Å². The summed E-state index contributed by atoms with van der Waals surface area (Å²) in [7, 11) is 0. The Bertz CT molecular complexity index is 948. The molecule has 0 saturated carbocycles. The van der Waals surface area contributed by atoms with Crippen LogP contribution < -0.4 is 0 Å². The highest BCUT2D eigenvalue weighted by Crippen LogP contribution is 2.38. The molecular formula is C22H22N2O2. The van der Waals surface area contributed by atoms with Crippen molar-refractivity contribution < 1.29 is 9.90 Å². The Labute approximate surface area is 153 Å². The van der Waals surface area contributed by atoms with Gasteiger partial charge in [-0.25, -0.2) is 0 Å². The van der Waals surface area contributed by atoms with Gasteiger partial charge in [0.05, 0.1) is 11.7 Å². The highest BCUT2D eigenvalue weighted by Gasteiger charge is 2.38. The average molecular weight is 346 g/mol. The predicted molar refractivity (Wildman–Crippen MR) is 102 cm³/mol. The minimum absolute atomic E-state index is 0.161. The number of fused-ring (bicyclic) bond motifs is 1. The quantitative estimate of drug-likeness (QED) is 0.770. The van der Waals surface area contributed by atoms with Crippen LogP contribution in [0.3, 0.4) is 0 Å². The van der Waals surface area contributed by atoms with Crippen LogP contribution in [0.4, 0.5) is 0 Å². The van der Waals surface area contributed by atoms with E-state index in [1.165, 1.54) is 0 Å². The fourth-order valence-corrected chi connectivity index (χ4v) is 4.12. The van der Waals surface area contributed by atoms with E-state index in [0.29, 0.717) is 6.42 Å². The van der Waals surface area contributed by atoms with Gasteiger partial charge in [-0.05, 0) is 47.7 Å². The summed E-state index contributed by atoms with van der Waals surface area (Å²) in [6.07, 6.45) is 3.37. The Morgan fingerprint density at radius 2 is 1.96 bits per heavy atom. The molecule has 0 spiro atoms. The molecule has 2 unspecified atom stereocenters. The largest absolute Gasteiger partial charge is 0.480 e. The minimum atomic E-state index is -0.749. The van der Waals surface area contributed by atoms with Crippen LogP contribution in [0.1, 0.15) is 35.7 Å². The van der Waals surface area contributed by atoms with Gasteiger partial charge >= 0.3 is 5.97 Å². The van der Waals surface area contributed by atoms with Crippen LogP contribution in [0.25, 0.3) is 10.8 Å². The summed E-state index contributed by atoms with van der Waals surface area (Å²) in [4.78, 5) is 18.6. The predicted octanol–water partition coefficient (Wildman–Crippen LogP) is 4.18. The van der Waals surface area contributed by atoms with Crippen LogP contribution in [0.5, 0.6) is 0 Å². The lowest BCUT2D eigenvalue weighted by molar-refractivity contribution is -0.142. The zero-order chi connectivity index (χ0) is 18.1. The van der Waals surface area contributed by atoms with Crippen LogP contribution in [0, 0.1) is 6.92 Å². The number of benzene rings is 2. The smallest absolute Gasteiger partial charge is 0.320 e. The number of rotatable bonds is 4. The molecule has 4 rings (SSSR count). The molecule has 1 N–H and O–H groups in total. The Morgan fingerprint density at radius 1 is 1.15 bits per heavy atom. The van der Waals surface area contributed by atoms with Crippen molar-refractivity contribution in [2.45, 2.75) is 31.8 Å². The maximum Gasteiger partial charge on any atom is 0.320 e. The number of carboxylic acids is 1. The molecule has 1 aliphatic rings. The van der Waals surface area contributed by atoms with E-state index < -0.39 is 12.0 Å². The molecule has 4 heteroatoms. The van der Waals surface area contributed by atoms with Gasteiger partial charge < -0.3 is 5.11 Å². The molecule has 1 fully saturated rings. The van der Waals surface area contributed by atoms with Crippen LogP contribution in [-0.2, 0) is 4.79 Å². The van der Waals surface area contributed by atoms with Gasteiger partial charge in [0.25, 0.3) is 0 Å². The molecule has 26 heavy (non-hydrogen) atoms. The molecule has 1 aliphatic heterocycles. The van der Waals surface area contributed by atoms with Crippen LogP contribution in [0.15, 0.2) is 60.8 Å². The molecule has 0 amide bonds. The number of pyridine rings is 1. The first kappa shape index (κ1) is 16.7. The average Bonchev–Trinajstić information content (AvgIpc) is 3.13. The van der Waals surface area contributed by atoms with Crippen LogP contribution >= 0.6 is 0 Å². The second kappa shape index (κ2) is 6.89. The summed E-state index contributed by atoms with van der Waals surface area (Å²) in [6.45, 7) is 2.81. The van der Waals surface area contributed by atoms with Crippen molar-refractivity contribution in [3.05, 3.63) is 77.6 Å². The third kappa shape index (κ3) is 2.86. The lowest BCUT2D eigenvalue weighted by atomic mass is 9.93. The zero-order valence-corrected chi connectivity index (χ0v) is 14.8.